The maximum atomic E-state index is 14.1. The summed E-state index contributed by atoms with van der Waals surface area (Å²) in [5.41, 5.74) is 2.44. The van der Waals surface area contributed by atoms with Crippen LogP contribution in [0.3, 0.4) is 0 Å². The number of piperazine rings is 1. The SMILES string of the molecule is CCN1CCN(c2ccc(F)cc2C(C)NC(=O)Nc2ccc(C(=O)NC(C)(C)C)cc2)CC1. The first-order valence-electron chi connectivity index (χ1n) is 11.8. The third-order valence-corrected chi connectivity index (χ3v) is 5.86. The molecule has 1 unspecified atom stereocenters. The number of benzene rings is 2. The number of anilines is 2. The second-order valence-corrected chi connectivity index (χ2v) is 9.73. The predicted molar refractivity (Wildman–Crippen MR) is 135 cm³/mol. The summed E-state index contributed by atoms with van der Waals surface area (Å²) in [6.45, 7) is 14.4. The van der Waals surface area contributed by atoms with Crippen molar-refractivity contribution >= 4 is 23.3 Å². The molecule has 1 heterocycles. The molecule has 3 rings (SSSR count). The van der Waals surface area contributed by atoms with Gasteiger partial charge in [-0.15, -0.1) is 0 Å². The number of carbonyl (C=O) groups excluding carboxylic acids is 2. The summed E-state index contributed by atoms with van der Waals surface area (Å²) >= 11 is 0. The molecule has 1 fully saturated rings. The Morgan fingerprint density at radius 2 is 1.68 bits per heavy atom. The van der Waals surface area contributed by atoms with Crippen LogP contribution in [0.15, 0.2) is 42.5 Å². The minimum absolute atomic E-state index is 0.171. The van der Waals surface area contributed by atoms with Crippen molar-refractivity contribution in [2.75, 3.05) is 42.9 Å². The summed E-state index contributed by atoms with van der Waals surface area (Å²) in [5.74, 6) is -0.500. The normalized spacial score (nSPS) is 15.5. The Bertz CT molecular complexity index is 995. The monoisotopic (exact) mass is 469 g/mol. The molecule has 1 saturated heterocycles. The molecule has 0 radical (unpaired) electrons. The van der Waals surface area contributed by atoms with Crippen LogP contribution in [0.2, 0.25) is 0 Å². The van der Waals surface area contributed by atoms with E-state index in [0.717, 1.165) is 44.0 Å². The van der Waals surface area contributed by atoms with Crippen LogP contribution in [-0.2, 0) is 0 Å². The zero-order valence-corrected chi connectivity index (χ0v) is 20.7. The summed E-state index contributed by atoms with van der Waals surface area (Å²) in [7, 11) is 0. The number of nitrogens with one attached hydrogen (secondary N) is 3. The van der Waals surface area contributed by atoms with Gasteiger partial charge < -0.3 is 25.8 Å². The largest absolute Gasteiger partial charge is 0.369 e. The molecule has 2 aromatic rings. The molecule has 7 nitrogen and oxygen atoms in total. The predicted octanol–water partition coefficient (Wildman–Crippen LogP) is 4.38. The first-order valence-corrected chi connectivity index (χ1v) is 11.8. The highest BCUT2D eigenvalue weighted by atomic mass is 19.1. The van der Waals surface area contributed by atoms with Gasteiger partial charge in [0.25, 0.3) is 5.91 Å². The van der Waals surface area contributed by atoms with Crippen LogP contribution >= 0.6 is 0 Å². The Labute approximate surface area is 201 Å². The standard InChI is InChI=1S/C26H36FN5O2/c1-6-31-13-15-32(16-14-31)23-12-9-20(27)17-22(23)18(2)28-25(34)29-21-10-7-19(8-11-21)24(33)30-26(3,4)5/h7-12,17-18H,6,13-16H2,1-5H3,(H,30,33)(H2,28,29,34). The smallest absolute Gasteiger partial charge is 0.319 e. The van der Waals surface area contributed by atoms with Gasteiger partial charge in [0.15, 0.2) is 0 Å². The highest BCUT2D eigenvalue weighted by Gasteiger charge is 2.22. The van der Waals surface area contributed by atoms with Crippen LogP contribution in [0.1, 0.15) is 56.6 Å². The molecule has 0 aromatic heterocycles. The van der Waals surface area contributed by atoms with Crippen molar-refractivity contribution in [1.82, 2.24) is 15.5 Å². The van der Waals surface area contributed by atoms with Gasteiger partial charge in [-0.05, 0) is 76.7 Å². The van der Waals surface area contributed by atoms with Crippen LogP contribution in [0.5, 0.6) is 0 Å². The average molecular weight is 470 g/mol. The molecule has 0 bridgehead atoms. The van der Waals surface area contributed by atoms with E-state index in [1.54, 1.807) is 30.3 Å². The van der Waals surface area contributed by atoms with Gasteiger partial charge >= 0.3 is 6.03 Å². The highest BCUT2D eigenvalue weighted by Crippen LogP contribution is 2.28. The van der Waals surface area contributed by atoms with Gasteiger partial charge in [0, 0.05) is 54.2 Å². The van der Waals surface area contributed by atoms with E-state index in [9.17, 15) is 14.0 Å². The molecule has 2 aromatic carbocycles. The lowest BCUT2D eigenvalue weighted by Crippen LogP contribution is -2.46. The lowest BCUT2D eigenvalue weighted by molar-refractivity contribution is 0.0919. The molecule has 0 aliphatic carbocycles. The van der Waals surface area contributed by atoms with Crippen LogP contribution in [0, 0.1) is 5.82 Å². The van der Waals surface area contributed by atoms with Gasteiger partial charge in [-0.1, -0.05) is 6.92 Å². The van der Waals surface area contributed by atoms with E-state index < -0.39 is 12.1 Å². The highest BCUT2D eigenvalue weighted by molar-refractivity contribution is 5.96. The zero-order valence-electron chi connectivity index (χ0n) is 20.7. The van der Waals surface area contributed by atoms with Crippen molar-refractivity contribution in [3.8, 4) is 0 Å². The van der Waals surface area contributed by atoms with Crippen LogP contribution < -0.4 is 20.9 Å². The van der Waals surface area contributed by atoms with Crippen molar-refractivity contribution in [1.29, 1.82) is 0 Å². The number of urea groups is 1. The van der Waals surface area contributed by atoms with Crippen molar-refractivity contribution in [3.05, 3.63) is 59.4 Å². The molecule has 1 atom stereocenters. The zero-order chi connectivity index (χ0) is 24.9. The van der Waals surface area contributed by atoms with Crippen LogP contribution in [0.25, 0.3) is 0 Å². The maximum Gasteiger partial charge on any atom is 0.319 e. The number of carbonyl (C=O) groups is 2. The van der Waals surface area contributed by atoms with E-state index in [0.29, 0.717) is 11.3 Å². The topological polar surface area (TPSA) is 76.7 Å². The van der Waals surface area contributed by atoms with Crippen molar-refractivity contribution in [2.24, 2.45) is 0 Å². The summed E-state index contributed by atoms with van der Waals surface area (Å²) in [6.07, 6.45) is 0. The van der Waals surface area contributed by atoms with Crippen molar-refractivity contribution < 1.29 is 14.0 Å². The third kappa shape index (κ3) is 6.93. The molecule has 184 valence electrons. The molecule has 34 heavy (non-hydrogen) atoms. The molecular formula is C26H36FN5O2. The molecule has 1 aliphatic heterocycles. The second kappa shape index (κ2) is 10.9. The Balaban J connectivity index is 1.63. The summed E-state index contributed by atoms with van der Waals surface area (Å²) in [4.78, 5) is 29.5. The molecule has 0 saturated carbocycles. The van der Waals surface area contributed by atoms with Gasteiger partial charge in [-0.25, -0.2) is 9.18 Å². The van der Waals surface area contributed by atoms with Gasteiger partial charge in [-0.3, -0.25) is 4.79 Å². The Morgan fingerprint density at radius 1 is 1.03 bits per heavy atom. The summed E-state index contributed by atoms with van der Waals surface area (Å²) < 4.78 is 14.1. The fourth-order valence-electron chi connectivity index (χ4n) is 4.02. The minimum Gasteiger partial charge on any atom is -0.369 e. The van der Waals surface area contributed by atoms with Gasteiger partial charge in [0.2, 0.25) is 0 Å². The number of amides is 3. The van der Waals surface area contributed by atoms with E-state index >= 15 is 0 Å². The number of rotatable bonds is 6. The Kier molecular flexibility index (Phi) is 8.15. The van der Waals surface area contributed by atoms with E-state index in [-0.39, 0.29) is 17.3 Å². The Morgan fingerprint density at radius 3 is 2.26 bits per heavy atom. The minimum atomic E-state index is -0.398. The number of halogens is 1. The fraction of sp³-hybridized carbons (Fsp3) is 0.462. The molecule has 1 aliphatic rings. The fourth-order valence-corrected chi connectivity index (χ4v) is 4.02. The first kappa shape index (κ1) is 25.5. The van der Waals surface area contributed by atoms with Gasteiger partial charge in [-0.2, -0.15) is 0 Å². The molecule has 3 N–H and O–H groups in total. The lowest BCUT2D eigenvalue weighted by Gasteiger charge is -2.37. The Hall–Kier alpha value is -3.13. The van der Waals surface area contributed by atoms with E-state index in [2.05, 4.69) is 32.7 Å². The van der Waals surface area contributed by atoms with Crippen LogP contribution in [-0.4, -0.2) is 55.1 Å². The lowest BCUT2D eigenvalue weighted by atomic mass is 10.0. The number of nitrogens with zero attached hydrogens (tertiary/aromatic N) is 2. The van der Waals surface area contributed by atoms with Crippen molar-refractivity contribution in [2.45, 2.75) is 46.2 Å². The van der Waals surface area contributed by atoms with E-state index in [1.807, 2.05) is 27.7 Å². The molecular weight excluding hydrogens is 433 g/mol. The second-order valence-electron chi connectivity index (χ2n) is 9.73. The van der Waals surface area contributed by atoms with Gasteiger partial charge in [0.1, 0.15) is 5.82 Å². The molecule has 8 heteroatoms. The molecule has 3 amide bonds. The van der Waals surface area contributed by atoms with Crippen molar-refractivity contribution in [3.63, 3.8) is 0 Å². The first-order chi connectivity index (χ1) is 16.1. The number of hydrogen-bond donors (Lipinski definition) is 3. The summed E-state index contributed by atoms with van der Waals surface area (Å²) in [5, 5.41) is 8.60. The number of hydrogen-bond acceptors (Lipinski definition) is 4. The summed E-state index contributed by atoms with van der Waals surface area (Å²) in [6, 6.07) is 10.7. The van der Waals surface area contributed by atoms with E-state index in [4.69, 9.17) is 0 Å². The van der Waals surface area contributed by atoms with E-state index in [1.165, 1.54) is 12.1 Å². The molecule has 0 spiro atoms. The number of likely N-dealkylation sites (N-methyl/N-ethyl adjacent to an activating group) is 1. The van der Waals surface area contributed by atoms with Gasteiger partial charge in [0.05, 0.1) is 6.04 Å². The maximum absolute atomic E-state index is 14.1. The van der Waals surface area contributed by atoms with Crippen LogP contribution in [0.4, 0.5) is 20.6 Å². The quantitative estimate of drug-likeness (QED) is 0.587. The average Bonchev–Trinajstić information content (AvgIpc) is 2.78. The third-order valence-electron chi connectivity index (χ3n) is 5.86.